The van der Waals surface area contributed by atoms with Gasteiger partial charge in [-0.1, -0.05) is 0 Å². The van der Waals surface area contributed by atoms with E-state index in [0.29, 0.717) is 13.0 Å². The zero-order valence-corrected chi connectivity index (χ0v) is 6.32. The number of amides is 1. The molecule has 1 aliphatic heterocycles. The van der Waals surface area contributed by atoms with Crippen molar-refractivity contribution in [2.24, 2.45) is 0 Å². The maximum Gasteiger partial charge on any atom is 0.407 e. The molecule has 2 rings (SSSR count). The van der Waals surface area contributed by atoms with Gasteiger partial charge in [0.1, 0.15) is 12.9 Å². The molecule has 64 valence electrons. The first-order valence-electron chi connectivity index (χ1n) is 3.65. The molecule has 1 saturated heterocycles. The first-order valence-corrected chi connectivity index (χ1v) is 3.65. The monoisotopic (exact) mass is 168 g/mol. The van der Waals surface area contributed by atoms with Gasteiger partial charge in [-0.3, -0.25) is 0 Å². The van der Waals surface area contributed by atoms with Gasteiger partial charge in [0.25, 0.3) is 0 Å². The minimum absolute atomic E-state index is 0.0302. The summed E-state index contributed by atoms with van der Waals surface area (Å²) in [6.45, 7) is 0.408. The third-order valence-corrected chi connectivity index (χ3v) is 1.68. The van der Waals surface area contributed by atoms with Gasteiger partial charge in [-0.25, -0.2) is 9.78 Å². The number of cyclic esters (lactones) is 1. The number of alkyl carbamates (subject to hydrolysis) is 1. The summed E-state index contributed by atoms with van der Waals surface area (Å²) < 4.78 is 9.49. The van der Waals surface area contributed by atoms with Crippen molar-refractivity contribution in [1.82, 2.24) is 10.3 Å². The average molecular weight is 168 g/mol. The van der Waals surface area contributed by atoms with Crippen LogP contribution in [0.25, 0.3) is 0 Å². The first kappa shape index (κ1) is 7.15. The molecule has 0 radical (unpaired) electrons. The van der Waals surface area contributed by atoms with E-state index in [1.54, 1.807) is 6.26 Å². The highest BCUT2D eigenvalue weighted by Gasteiger charge is 2.22. The summed E-state index contributed by atoms with van der Waals surface area (Å²) in [6.07, 6.45) is 3.23. The van der Waals surface area contributed by atoms with Crippen molar-refractivity contribution >= 4 is 6.09 Å². The number of nitrogens with one attached hydrogen (secondary N) is 1. The molecule has 0 saturated carbocycles. The Bertz CT molecular complexity index is 270. The van der Waals surface area contributed by atoms with E-state index in [1.165, 1.54) is 6.39 Å². The van der Waals surface area contributed by atoms with Crippen LogP contribution >= 0.6 is 0 Å². The van der Waals surface area contributed by atoms with Crippen LogP contribution < -0.4 is 5.32 Å². The van der Waals surface area contributed by atoms with E-state index < -0.39 is 0 Å². The third kappa shape index (κ3) is 1.39. The van der Waals surface area contributed by atoms with Crippen LogP contribution in [-0.4, -0.2) is 23.7 Å². The van der Waals surface area contributed by atoms with E-state index in [1.807, 2.05) is 0 Å². The summed E-state index contributed by atoms with van der Waals surface area (Å²) in [4.78, 5) is 14.5. The summed E-state index contributed by atoms with van der Waals surface area (Å²) >= 11 is 0. The largest absolute Gasteiger partial charge is 0.451 e. The van der Waals surface area contributed by atoms with Crippen LogP contribution in [-0.2, 0) is 11.2 Å². The summed E-state index contributed by atoms with van der Waals surface area (Å²) in [5, 5.41) is 2.65. The Kier molecular flexibility index (Phi) is 1.69. The fraction of sp³-hybridized carbons (Fsp3) is 0.429. The van der Waals surface area contributed by atoms with Crippen LogP contribution in [0.1, 0.15) is 5.69 Å². The summed E-state index contributed by atoms with van der Waals surface area (Å²) in [7, 11) is 0. The van der Waals surface area contributed by atoms with Crippen molar-refractivity contribution in [2.75, 3.05) is 6.61 Å². The van der Waals surface area contributed by atoms with Crippen molar-refractivity contribution in [1.29, 1.82) is 0 Å². The van der Waals surface area contributed by atoms with E-state index in [-0.39, 0.29) is 12.1 Å². The molecule has 0 aromatic carbocycles. The Labute approximate surface area is 68.7 Å². The van der Waals surface area contributed by atoms with Gasteiger partial charge in [-0.2, -0.15) is 0 Å². The lowest BCUT2D eigenvalue weighted by atomic mass is 10.2. The van der Waals surface area contributed by atoms with Crippen molar-refractivity contribution < 1.29 is 13.9 Å². The Hall–Kier alpha value is -1.52. The lowest BCUT2D eigenvalue weighted by Gasteiger charge is -2.01. The molecule has 1 aromatic heterocycles. The number of rotatable bonds is 2. The van der Waals surface area contributed by atoms with Crippen molar-refractivity contribution in [2.45, 2.75) is 12.5 Å². The van der Waals surface area contributed by atoms with Crippen LogP contribution in [0.2, 0.25) is 0 Å². The van der Waals surface area contributed by atoms with E-state index in [2.05, 4.69) is 10.3 Å². The van der Waals surface area contributed by atoms with Gasteiger partial charge in [-0.15, -0.1) is 0 Å². The third-order valence-electron chi connectivity index (χ3n) is 1.68. The Morgan fingerprint density at radius 2 is 2.67 bits per heavy atom. The predicted molar refractivity (Wildman–Crippen MR) is 38.5 cm³/mol. The number of aromatic nitrogens is 1. The number of carbonyl (C=O) groups excluding carboxylic acids is 1. The zero-order chi connectivity index (χ0) is 8.39. The first-order chi connectivity index (χ1) is 5.84. The number of ether oxygens (including phenoxy) is 1. The van der Waals surface area contributed by atoms with Gasteiger partial charge < -0.3 is 14.5 Å². The number of nitrogens with zero attached hydrogens (tertiary/aromatic N) is 1. The highest BCUT2D eigenvalue weighted by molar-refractivity contribution is 5.69. The Morgan fingerprint density at radius 3 is 3.25 bits per heavy atom. The van der Waals surface area contributed by atoms with E-state index >= 15 is 0 Å². The molecule has 0 aliphatic carbocycles. The SMILES string of the molecule is O=C1NC(Cc2cocn2)CO1. The molecule has 0 spiro atoms. The molecule has 1 unspecified atom stereocenters. The highest BCUT2D eigenvalue weighted by atomic mass is 16.6. The molecule has 5 nitrogen and oxygen atoms in total. The highest BCUT2D eigenvalue weighted by Crippen LogP contribution is 2.05. The Morgan fingerprint density at radius 1 is 1.75 bits per heavy atom. The topological polar surface area (TPSA) is 64.4 Å². The van der Waals surface area contributed by atoms with Gasteiger partial charge in [0.05, 0.1) is 11.7 Å². The van der Waals surface area contributed by atoms with Crippen molar-refractivity contribution in [3.8, 4) is 0 Å². The molecule has 5 heteroatoms. The fourth-order valence-corrected chi connectivity index (χ4v) is 1.13. The van der Waals surface area contributed by atoms with Gasteiger partial charge >= 0.3 is 6.09 Å². The smallest absolute Gasteiger partial charge is 0.407 e. The second-order valence-electron chi connectivity index (χ2n) is 2.62. The minimum Gasteiger partial charge on any atom is -0.451 e. The lowest BCUT2D eigenvalue weighted by Crippen LogP contribution is -2.28. The quantitative estimate of drug-likeness (QED) is 0.690. The predicted octanol–water partition coefficient (Wildman–Crippen LogP) is 0.325. The summed E-state index contributed by atoms with van der Waals surface area (Å²) in [6, 6.07) is 0.0302. The maximum absolute atomic E-state index is 10.6. The van der Waals surface area contributed by atoms with Gasteiger partial charge in [-0.05, 0) is 0 Å². The number of hydrogen-bond acceptors (Lipinski definition) is 4. The molecule has 1 amide bonds. The maximum atomic E-state index is 10.6. The molecule has 1 atom stereocenters. The second kappa shape index (κ2) is 2.84. The van der Waals surface area contributed by atoms with E-state index in [9.17, 15) is 4.79 Å². The van der Waals surface area contributed by atoms with E-state index in [0.717, 1.165) is 5.69 Å². The number of carbonyl (C=O) groups is 1. The van der Waals surface area contributed by atoms with Crippen LogP contribution in [0.5, 0.6) is 0 Å². The second-order valence-corrected chi connectivity index (χ2v) is 2.62. The van der Waals surface area contributed by atoms with Gasteiger partial charge in [0.15, 0.2) is 6.39 Å². The van der Waals surface area contributed by atoms with Crippen LogP contribution in [0, 0.1) is 0 Å². The molecular weight excluding hydrogens is 160 g/mol. The lowest BCUT2D eigenvalue weighted by molar-refractivity contribution is 0.177. The zero-order valence-electron chi connectivity index (χ0n) is 6.32. The molecule has 0 bridgehead atoms. The molecule has 2 heterocycles. The molecule has 1 aliphatic rings. The molecule has 12 heavy (non-hydrogen) atoms. The van der Waals surface area contributed by atoms with Gasteiger partial charge in [0.2, 0.25) is 0 Å². The van der Waals surface area contributed by atoms with Crippen LogP contribution in [0.15, 0.2) is 17.1 Å². The molecule has 1 fully saturated rings. The van der Waals surface area contributed by atoms with Crippen LogP contribution in [0.3, 0.4) is 0 Å². The summed E-state index contributed by atoms with van der Waals surface area (Å²) in [5.74, 6) is 0. The average Bonchev–Trinajstić information content (AvgIpc) is 2.63. The minimum atomic E-state index is -0.358. The Balaban J connectivity index is 1.92. The van der Waals surface area contributed by atoms with E-state index in [4.69, 9.17) is 9.15 Å². The molecule has 1 aromatic rings. The van der Waals surface area contributed by atoms with Crippen LogP contribution in [0.4, 0.5) is 4.79 Å². The normalized spacial score (nSPS) is 22.0. The fourth-order valence-electron chi connectivity index (χ4n) is 1.13. The van der Waals surface area contributed by atoms with Crippen molar-refractivity contribution in [3.05, 3.63) is 18.4 Å². The molecular formula is C7H8N2O3. The number of oxazole rings is 1. The standard InChI is InChI=1S/C7H8N2O3/c10-7-9-6(3-12-7)1-5-2-11-4-8-5/h2,4,6H,1,3H2,(H,9,10). The van der Waals surface area contributed by atoms with Gasteiger partial charge in [0, 0.05) is 6.42 Å². The van der Waals surface area contributed by atoms with Crippen molar-refractivity contribution in [3.63, 3.8) is 0 Å². The summed E-state index contributed by atoms with van der Waals surface area (Å²) in [5.41, 5.74) is 0.825. The number of hydrogen-bond donors (Lipinski definition) is 1. The molecule has 1 N–H and O–H groups in total.